The van der Waals surface area contributed by atoms with Crippen molar-refractivity contribution in [3.8, 4) is 5.75 Å². The third-order valence-corrected chi connectivity index (χ3v) is 3.77. The zero-order chi connectivity index (χ0) is 14.4. The van der Waals surface area contributed by atoms with E-state index in [-0.39, 0.29) is 5.91 Å². The Morgan fingerprint density at radius 2 is 2.05 bits per heavy atom. The molecule has 0 spiro atoms. The van der Waals surface area contributed by atoms with Crippen molar-refractivity contribution in [1.29, 1.82) is 0 Å². The summed E-state index contributed by atoms with van der Waals surface area (Å²) in [5, 5.41) is 4.95. The van der Waals surface area contributed by atoms with Crippen LogP contribution in [0.4, 0.5) is 5.69 Å². The molecule has 1 amide bonds. The molecular formula is C15H19N2O2S+. The first-order chi connectivity index (χ1) is 9.67. The number of methoxy groups -OCH3 is 1. The molecule has 5 heteroatoms. The molecule has 0 saturated heterocycles. The molecule has 2 N–H and O–H groups in total. The number of carbonyl (C=O) groups excluding carboxylic acids is 1. The van der Waals surface area contributed by atoms with Gasteiger partial charge in [-0.2, -0.15) is 0 Å². The van der Waals surface area contributed by atoms with Crippen LogP contribution < -0.4 is 15.0 Å². The Kier molecular flexibility index (Phi) is 5.15. The highest BCUT2D eigenvalue weighted by Gasteiger charge is 2.11. The first-order valence-electron chi connectivity index (χ1n) is 6.45. The summed E-state index contributed by atoms with van der Waals surface area (Å²) >= 11 is 1.72. The second kappa shape index (κ2) is 7.07. The molecule has 4 nitrogen and oxygen atoms in total. The standard InChI is InChI=1S/C15H18N2O2S/c1-17(10-14-4-3-9-20-14)11-15(18)16-12-5-7-13(19-2)8-6-12/h3-9H,10-11H2,1-2H3,(H,16,18)/p+1. The number of likely N-dealkylation sites (N-methyl/N-ethyl adjacent to an activating group) is 1. The molecular weight excluding hydrogens is 272 g/mol. The van der Waals surface area contributed by atoms with E-state index in [1.165, 1.54) is 9.78 Å². The van der Waals surface area contributed by atoms with Crippen molar-refractivity contribution in [2.24, 2.45) is 0 Å². The van der Waals surface area contributed by atoms with Crippen LogP contribution in [0.25, 0.3) is 0 Å². The molecule has 20 heavy (non-hydrogen) atoms. The predicted octanol–water partition coefficient (Wildman–Crippen LogP) is 1.41. The fourth-order valence-corrected chi connectivity index (χ4v) is 2.75. The third-order valence-electron chi connectivity index (χ3n) is 2.89. The van der Waals surface area contributed by atoms with Crippen LogP contribution in [0.1, 0.15) is 4.88 Å². The minimum absolute atomic E-state index is 0.0178. The third kappa shape index (κ3) is 4.36. The Labute approximate surface area is 123 Å². The van der Waals surface area contributed by atoms with Gasteiger partial charge in [0, 0.05) is 5.69 Å². The monoisotopic (exact) mass is 291 g/mol. The summed E-state index contributed by atoms with van der Waals surface area (Å²) in [6.45, 7) is 1.32. The average Bonchev–Trinajstić information content (AvgIpc) is 2.92. The maximum absolute atomic E-state index is 11.9. The van der Waals surface area contributed by atoms with Crippen LogP contribution in [0.15, 0.2) is 41.8 Å². The second-order valence-corrected chi connectivity index (χ2v) is 5.70. The fourth-order valence-electron chi connectivity index (χ4n) is 1.93. The molecule has 2 rings (SSSR count). The number of ether oxygens (including phenoxy) is 1. The van der Waals surface area contributed by atoms with Gasteiger partial charge in [-0.1, -0.05) is 6.07 Å². The van der Waals surface area contributed by atoms with E-state index in [0.717, 1.165) is 18.0 Å². The molecule has 1 heterocycles. The summed E-state index contributed by atoms with van der Waals surface area (Å²) in [5.74, 6) is 0.799. The van der Waals surface area contributed by atoms with E-state index in [1.54, 1.807) is 18.4 Å². The van der Waals surface area contributed by atoms with E-state index in [2.05, 4.69) is 16.8 Å². The summed E-state index contributed by atoms with van der Waals surface area (Å²) in [6, 6.07) is 11.5. The van der Waals surface area contributed by atoms with E-state index < -0.39 is 0 Å². The number of hydrogen-bond acceptors (Lipinski definition) is 3. The Hall–Kier alpha value is -1.85. The van der Waals surface area contributed by atoms with Crippen LogP contribution >= 0.6 is 11.3 Å². The lowest BCUT2D eigenvalue weighted by atomic mass is 10.3. The average molecular weight is 291 g/mol. The lowest BCUT2D eigenvalue weighted by Gasteiger charge is -2.13. The van der Waals surface area contributed by atoms with Crippen molar-refractivity contribution >= 4 is 22.9 Å². The maximum Gasteiger partial charge on any atom is 0.279 e. The van der Waals surface area contributed by atoms with Gasteiger partial charge < -0.3 is 15.0 Å². The van der Waals surface area contributed by atoms with E-state index in [0.29, 0.717) is 6.54 Å². The number of carbonyl (C=O) groups is 1. The molecule has 2 aromatic rings. The lowest BCUT2D eigenvalue weighted by Crippen LogP contribution is -3.08. The Balaban J connectivity index is 1.82. The first kappa shape index (κ1) is 14.6. The van der Waals surface area contributed by atoms with Crippen LogP contribution in [-0.4, -0.2) is 26.6 Å². The SMILES string of the molecule is COc1ccc(NC(=O)C[NH+](C)Cc2cccs2)cc1. The summed E-state index contributed by atoms with van der Waals surface area (Å²) in [5.41, 5.74) is 0.791. The Morgan fingerprint density at radius 1 is 1.30 bits per heavy atom. The lowest BCUT2D eigenvalue weighted by molar-refractivity contribution is -0.884. The number of thiophene rings is 1. The zero-order valence-corrected chi connectivity index (χ0v) is 12.5. The van der Waals surface area contributed by atoms with Gasteiger partial charge >= 0.3 is 0 Å². The molecule has 0 aliphatic rings. The number of amides is 1. The van der Waals surface area contributed by atoms with Crippen LogP contribution in [0.5, 0.6) is 5.75 Å². The fraction of sp³-hybridized carbons (Fsp3) is 0.267. The van der Waals surface area contributed by atoms with Crippen LogP contribution in [0.2, 0.25) is 0 Å². The van der Waals surface area contributed by atoms with Gasteiger partial charge in [0.25, 0.3) is 5.91 Å². The normalized spacial score (nSPS) is 11.9. The number of anilines is 1. The van der Waals surface area contributed by atoms with Gasteiger partial charge in [0.05, 0.1) is 19.0 Å². The van der Waals surface area contributed by atoms with Gasteiger partial charge in [-0.15, -0.1) is 11.3 Å². The van der Waals surface area contributed by atoms with Gasteiger partial charge in [-0.3, -0.25) is 4.79 Å². The summed E-state index contributed by atoms with van der Waals surface area (Å²) in [6.07, 6.45) is 0. The molecule has 0 radical (unpaired) electrons. The van der Waals surface area contributed by atoms with Gasteiger partial charge in [-0.05, 0) is 35.7 Å². The number of rotatable bonds is 6. The maximum atomic E-state index is 11.9. The molecule has 0 fully saturated rings. The van der Waals surface area contributed by atoms with Crippen molar-refractivity contribution in [2.45, 2.75) is 6.54 Å². The molecule has 0 aliphatic heterocycles. The van der Waals surface area contributed by atoms with Crippen molar-refractivity contribution in [1.82, 2.24) is 0 Å². The van der Waals surface area contributed by atoms with Crippen LogP contribution in [0, 0.1) is 0 Å². The summed E-state index contributed by atoms with van der Waals surface area (Å²) in [4.78, 5) is 14.4. The largest absolute Gasteiger partial charge is 0.497 e. The van der Waals surface area contributed by atoms with E-state index in [9.17, 15) is 4.79 Å². The van der Waals surface area contributed by atoms with Crippen molar-refractivity contribution in [3.63, 3.8) is 0 Å². The van der Waals surface area contributed by atoms with Crippen molar-refractivity contribution < 1.29 is 14.4 Å². The van der Waals surface area contributed by atoms with E-state index in [1.807, 2.05) is 37.4 Å². The molecule has 0 bridgehead atoms. The predicted molar refractivity (Wildman–Crippen MR) is 81.4 cm³/mol. The summed E-state index contributed by atoms with van der Waals surface area (Å²) < 4.78 is 5.08. The highest BCUT2D eigenvalue weighted by Crippen LogP contribution is 2.14. The molecule has 1 unspecified atom stereocenters. The van der Waals surface area contributed by atoms with Crippen molar-refractivity contribution in [3.05, 3.63) is 46.7 Å². The molecule has 106 valence electrons. The Bertz CT molecular complexity index is 538. The topological polar surface area (TPSA) is 42.8 Å². The zero-order valence-electron chi connectivity index (χ0n) is 11.7. The highest BCUT2D eigenvalue weighted by atomic mass is 32.1. The van der Waals surface area contributed by atoms with E-state index >= 15 is 0 Å². The number of quaternary nitrogens is 1. The number of benzene rings is 1. The first-order valence-corrected chi connectivity index (χ1v) is 7.33. The van der Waals surface area contributed by atoms with Gasteiger partial charge in [0.15, 0.2) is 6.54 Å². The van der Waals surface area contributed by atoms with E-state index in [4.69, 9.17) is 4.74 Å². The highest BCUT2D eigenvalue weighted by molar-refractivity contribution is 7.09. The number of hydrogen-bond donors (Lipinski definition) is 2. The van der Waals surface area contributed by atoms with Crippen LogP contribution in [-0.2, 0) is 11.3 Å². The second-order valence-electron chi connectivity index (χ2n) is 4.67. The molecule has 1 aromatic heterocycles. The quantitative estimate of drug-likeness (QED) is 0.845. The molecule has 0 saturated carbocycles. The smallest absolute Gasteiger partial charge is 0.279 e. The van der Waals surface area contributed by atoms with Gasteiger partial charge in [0.2, 0.25) is 0 Å². The van der Waals surface area contributed by atoms with Gasteiger partial charge in [-0.25, -0.2) is 0 Å². The van der Waals surface area contributed by atoms with Crippen molar-refractivity contribution in [2.75, 3.05) is 26.0 Å². The summed E-state index contributed by atoms with van der Waals surface area (Å²) in [7, 11) is 3.64. The minimum atomic E-state index is 0.0178. The van der Waals surface area contributed by atoms with Gasteiger partial charge in [0.1, 0.15) is 12.3 Å². The minimum Gasteiger partial charge on any atom is -0.497 e. The number of nitrogens with one attached hydrogen (secondary N) is 2. The van der Waals surface area contributed by atoms with Crippen LogP contribution in [0.3, 0.4) is 0 Å². The molecule has 1 aromatic carbocycles. The molecule has 0 aliphatic carbocycles. The molecule has 1 atom stereocenters. The Morgan fingerprint density at radius 3 is 2.65 bits per heavy atom.